The fourth-order valence-corrected chi connectivity index (χ4v) is 4.19. The Kier molecular flexibility index (Phi) is 6.94. The van der Waals surface area contributed by atoms with Crippen LogP contribution in [0.25, 0.3) is 0 Å². The summed E-state index contributed by atoms with van der Waals surface area (Å²) in [5.41, 5.74) is 0. The molecule has 0 atom stereocenters. The van der Waals surface area contributed by atoms with Crippen LogP contribution in [0.4, 0.5) is 8.78 Å². The second-order valence-electron chi connectivity index (χ2n) is 5.83. The molecule has 0 saturated carbocycles. The molecule has 0 spiro atoms. The largest absolute Gasteiger partial charge is 0.488 e. The van der Waals surface area contributed by atoms with E-state index in [4.69, 9.17) is 4.74 Å². The van der Waals surface area contributed by atoms with Crippen LogP contribution in [0.2, 0.25) is 0 Å². The molecule has 1 saturated heterocycles. The van der Waals surface area contributed by atoms with Crippen LogP contribution in [0.5, 0.6) is 5.75 Å². The molecule has 5 nitrogen and oxygen atoms in total. The predicted molar refractivity (Wildman–Crippen MR) is 88.0 cm³/mol. The van der Waals surface area contributed by atoms with Gasteiger partial charge in [-0.25, -0.2) is 17.2 Å². The monoisotopic (exact) mass is 362 g/mol. The number of hydrogen-bond donors (Lipinski definition) is 1. The molecule has 1 aliphatic rings. The van der Waals surface area contributed by atoms with E-state index in [1.54, 1.807) is 0 Å². The number of sulfonamides is 1. The molecule has 1 fully saturated rings. The molecule has 1 aromatic carbocycles. The van der Waals surface area contributed by atoms with Crippen LogP contribution in [-0.4, -0.2) is 51.9 Å². The molecular formula is C16H24F2N2O3S. The molecule has 1 N–H and O–H groups in total. The lowest BCUT2D eigenvalue weighted by Crippen LogP contribution is -2.40. The fourth-order valence-electron chi connectivity index (χ4n) is 2.72. The number of nitrogens with zero attached hydrogens (tertiary/aromatic N) is 1. The van der Waals surface area contributed by atoms with E-state index in [1.807, 2.05) is 6.92 Å². The van der Waals surface area contributed by atoms with E-state index >= 15 is 0 Å². The van der Waals surface area contributed by atoms with Crippen LogP contribution in [0, 0.1) is 5.92 Å². The minimum absolute atomic E-state index is 0.164. The predicted octanol–water partition coefficient (Wildman–Crippen LogP) is 2.34. The Morgan fingerprint density at radius 2 is 1.88 bits per heavy atom. The maximum absolute atomic E-state index is 12.6. The van der Waals surface area contributed by atoms with Crippen molar-refractivity contribution >= 4 is 10.0 Å². The zero-order valence-electron chi connectivity index (χ0n) is 13.7. The highest BCUT2D eigenvalue weighted by Gasteiger charge is 2.29. The third-order valence-corrected chi connectivity index (χ3v) is 6.01. The third-order valence-electron chi connectivity index (χ3n) is 4.09. The van der Waals surface area contributed by atoms with Gasteiger partial charge >= 0.3 is 0 Å². The Morgan fingerprint density at radius 3 is 2.42 bits per heavy atom. The average Bonchev–Trinajstić information content (AvgIpc) is 2.59. The first-order valence-electron chi connectivity index (χ1n) is 8.15. The Hall–Kier alpha value is -1.25. The second-order valence-corrected chi connectivity index (χ2v) is 7.77. The SMILES string of the molecule is CCNCC1CCN(S(=O)(=O)c2ccc(OCC(F)F)cc2)CC1. The lowest BCUT2D eigenvalue weighted by Gasteiger charge is -2.31. The van der Waals surface area contributed by atoms with Gasteiger partial charge in [0, 0.05) is 13.1 Å². The van der Waals surface area contributed by atoms with E-state index in [2.05, 4.69) is 5.32 Å². The summed E-state index contributed by atoms with van der Waals surface area (Å²) in [5, 5.41) is 3.29. The number of rotatable bonds is 8. The van der Waals surface area contributed by atoms with Crippen molar-refractivity contribution in [3.8, 4) is 5.75 Å². The smallest absolute Gasteiger partial charge is 0.272 e. The molecule has 0 aliphatic carbocycles. The van der Waals surface area contributed by atoms with Crippen molar-refractivity contribution < 1.29 is 21.9 Å². The van der Waals surface area contributed by atoms with Crippen molar-refractivity contribution in [3.05, 3.63) is 24.3 Å². The molecule has 0 unspecified atom stereocenters. The van der Waals surface area contributed by atoms with Crippen molar-refractivity contribution in [2.24, 2.45) is 5.92 Å². The highest BCUT2D eigenvalue weighted by atomic mass is 32.2. The Morgan fingerprint density at radius 1 is 1.25 bits per heavy atom. The summed E-state index contributed by atoms with van der Waals surface area (Å²) in [6, 6.07) is 5.63. The maximum Gasteiger partial charge on any atom is 0.272 e. The number of nitrogens with one attached hydrogen (secondary N) is 1. The van der Waals surface area contributed by atoms with Crippen LogP contribution in [-0.2, 0) is 10.0 Å². The summed E-state index contributed by atoms with van der Waals surface area (Å²) in [6.07, 6.45) is -0.888. The van der Waals surface area contributed by atoms with Gasteiger partial charge < -0.3 is 10.1 Å². The van der Waals surface area contributed by atoms with E-state index in [0.29, 0.717) is 19.0 Å². The van der Waals surface area contributed by atoms with Crippen molar-refractivity contribution in [2.75, 3.05) is 32.8 Å². The Balaban J connectivity index is 1.95. The quantitative estimate of drug-likeness (QED) is 0.771. The van der Waals surface area contributed by atoms with Gasteiger partial charge in [-0.05, 0) is 56.1 Å². The van der Waals surface area contributed by atoms with Gasteiger partial charge in [0.15, 0.2) is 0 Å². The van der Waals surface area contributed by atoms with Crippen LogP contribution in [0.15, 0.2) is 29.2 Å². The van der Waals surface area contributed by atoms with Gasteiger partial charge in [-0.3, -0.25) is 0 Å². The molecule has 0 bridgehead atoms. The summed E-state index contributed by atoms with van der Waals surface area (Å²) in [5.74, 6) is 0.736. The molecule has 1 heterocycles. The number of benzene rings is 1. The summed E-state index contributed by atoms with van der Waals surface area (Å²) in [4.78, 5) is 0.164. The number of piperidine rings is 1. The van der Waals surface area contributed by atoms with Gasteiger partial charge in [0.1, 0.15) is 12.4 Å². The maximum atomic E-state index is 12.6. The molecule has 0 radical (unpaired) electrons. The van der Waals surface area contributed by atoms with Gasteiger partial charge in [-0.2, -0.15) is 4.31 Å². The van der Waals surface area contributed by atoms with Gasteiger partial charge in [-0.15, -0.1) is 0 Å². The molecule has 24 heavy (non-hydrogen) atoms. The Labute approximate surface area is 142 Å². The average molecular weight is 362 g/mol. The summed E-state index contributed by atoms with van der Waals surface area (Å²) in [6.45, 7) is 4.18. The summed E-state index contributed by atoms with van der Waals surface area (Å²) < 4.78 is 55.8. The number of ether oxygens (including phenoxy) is 1. The first-order chi connectivity index (χ1) is 11.4. The molecule has 0 amide bonds. The van der Waals surface area contributed by atoms with Crippen LogP contribution >= 0.6 is 0 Å². The van der Waals surface area contributed by atoms with Crippen LogP contribution in [0.3, 0.4) is 0 Å². The topological polar surface area (TPSA) is 58.6 Å². The minimum Gasteiger partial charge on any atom is -0.488 e. The fraction of sp³-hybridized carbons (Fsp3) is 0.625. The zero-order chi connectivity index (χ0) is 17.6. The molecule has 0 aromatic heterocycles. The van der Waals surface area contributed by atoms with Crippen LogP contribution in [0.1, 0.15) is 19.8 Å². The van der Waals surface area contributed by atoms with Crippen LogP contribution < -0.4 is 10.1 Å². The number of hydrogen-bond acceptors (Lipinski definition) is 4. The van der Waals surface area contributed by atoms with E-state index in [9.17, 15) is 17.2 Å². The van der Waals surface area contributed by atoms with Gasteiger partial charge in [0.2, 0.25) is 10.0 Å². The molecule has 136 valence electrons. The first kappa shape index (κ1) is 19.1. The normalized spacial score (nSPS) is 17.3. The van der Waals surface area contributed by atoms with E-state index in [-0.39, 0.29) is 10.6 Å². The zero-order valence-corrected chi connectivity index (χ0v) is 14.6. The van der Waals surface area contributed by atoms with Crippen molar-refractivity contribution in [3.63, 3.8) is 0 Å². The highest BCUT2D eigenvalue weighted by molar-refractivity contribution is 7.89. The third kappa shape index (κ3) is 5.12. The number of halogens is 2. The van der Waals surface area contributed by atoms with Gasteiger partial charge in [-0.1, -0.05) is 6.92 Å². The number of alkyl halides is 2. The lowest BCUT2D eigenvalue weighted by atomic mass is 9.98. The summed E-state index contributed by atoms with van der Waals surface area (Å²) >= 11 is 0. The second kappa shape index (κ2) is 8.73. The van der Waals surface area contributed by atoms with Crippen molar-refractivity contribution in [1.82, 2.24) is 9.62 Å². The molecule has 8 heteroatoms. The lowest BCUT2D eigenvalue weighted by molar-refractivity contribution is 0.0819. The molecule has 1 aliphatic heterocycles. The van der Waals surface area contributed by atoms with E-state index < -0.39 is 23.1 Å². The van der Waals surface area contributed by atoms with Crippen molar-refractivity contribution in [2.45, 2.75) is 31.1 Å². The van der Waals surface area contributed by atoms with E-state index in [1.165, 1.54) is 28.6 Å². The Bertz CT molecular complexity index is 600. The molecular weight excluding hydrogens is 338 g/mol. The molecule has 2 rings (SSSR count). The van der Waals surface area contributed by atoms with Gasteiger partial charge in [0.05, 0.1) is 4.90 Å². The van der Waals surface area contributed by atoms with Crippen molar-refractivity contribution in [1.29, 1.82) is 0 Å². The van der Waals surface area contributed by atoms with E-state index in [0.717, 1.165) is 25.9 Å². The van der Waals surface area contributed by atoms with Gasteiger partial charge in [0.25, 0.3) is 6.43 Å². The first-order valence-corrected chi connectivity index (χ1v) is 9.59. The standard InChI is InChI=1S/C16H24F2N2O3S/c1-2-19-11-13-7-9-20(10-8-13)24(21,22)15-5-3-14(4-6-15)23-12-16(17)18/h3-6,13,16,19H,2,7-12H2,1H3. The molecule has 1 aromatic rings. The minimum atomic E-state index is -3.54. The summed E-state index contributed by atoms with van der Waals surface area (Å²) in [7, 11) is -3.54. The highest BCUT2D eigenvalue weighted by Crippen LogP contribution is 2.25.